The van der Waals surface area contributed by atoms with E-state index in [0.29, 0.717) is 24.9 Å². The maximum absolute atomic E-state index is 13.1. The van der Waals surface area contributed by atoms with Crippen molar-refractivity contribution in [3.8, 4) is 0 Å². The summed E-state index contributed by atoms with van der Waals surface area (Å²) in [5.41, 5.74) is 6.31. The van der Waals surface area contributed by atoms with Gasteiger partial charge in [-0.05, 0) is 37.5 Å². The Balaban J connectivity index is 2.14. The van der Waals surface area contributed by atoms with Crippen LogP contribution in [0.2, 0.25) is 0 Å². The van der Waals surface area contributed by atoms with E-state index in [2.05, 4.69) is 0 Å². The fourth-order valence-electron chi connectivity index (χ4n) is 2.52. The third-order valence-corrected chi connectivity index (χ3v) is 5.41. The van der Waals surface area contributed by atoms with Crippen molar-refractivity contribution in [2.75, 3.05) is 6.54 Å². The highest BCUT2D eigenvalue weighted by atomic mass is 32.2. The van der Waals surface area contributed by atoms with Gasteiger partial charge in [-0.2, -0.15) is 4.31 Å². The number of nitrogens with two attached hydrogens (primary N) is 1. The Morgan fingerprint density at radius 1 is 1.47 bits per heavy atom. The Bertz CT molecular complexity index is 547. The molecule has 1 aromatic rings. The molecule has 2 atom stereocenters. The molecule has 0 amide bonds. The number of sulfonamides is 1. The molecule has 0 aliphatic carbocycles. The second-order valence-corrected chi connectivity index (χ2v) is 7.05. The molecule has 6 heteroatoms. The SMILES string of the molecule is C[C@@H]1C[C@@H](N)CCN1S(=O)(=O)Cc1cccc(F)c1. The molecule has 19 heavy (non-hydrogen) atoms. The molecular weight excluding hydrogens is 267 g/mol. The van der Waals surface area contributed by atoms with Gasteiger partial charge in [-0.1, -0.05) is 12.1 Å². The van der Waals surface area contributed by atoms with Crippen LogP contribution in [0, 0.1) is 5.82 Å². The van der Waals surface area contributed by atoms with E-state index >= 15 is 0 Å². The summed E-state index contributed by atoms with van der Waals surface area (Å²) in [7, 11) is -3.41. The normalized spacial score (nSPS) is 25.4. The molecule has 0 bridgehead atoms. The van der Waals surface area contributed by atoms with Gasteiger partial charge in [-0.3, -0.25) is 0 Å². The van der Waals surface area contributed by atoms with Gasteiger partial charge in [0.15, 0.2) is 0 Å². The van der Waals surface area contributed by atoms with Gasteiger partial charge in [0.2, 0.25) is 10.0 Å². The summed E-state index contributed by atoms with van der Waals surface area (Å²) in [5.74, 6) is -0.578. The molecule has 0 unspecified atom stereocenters. The molecule has 1 aliphatic rings. The maximum atomic E-state index is 13.1. The highest BCUT2D eigenvalue weighted by Crippen LogP contribution is 2.22. The van der Waals surface area contributed by atoms with Crippen LogP contribution in [0.4, 0.5) is 4.39 Å². The van der Waals surface area contributed by atoms with Crippen molar-refractivity contribution in [3.05, 3.63) is 35.6 Å². The molecule has 1 aromatic carbocycles. The number of benzene rings is 1. The minimum atomic E-state index is -3.41. The van der Waals surface area contributed by atoms with Gasteiger partial charge in [-0.25, -0.2) is 12.8 Å². The molecule has 0 spiro atoms. The van der Waals surface area contributed by atoms with Gasteiger partial charge in [0.05, 0.1) is 5.75 Å². The van der Waals surface area contributed by atoms with Crippen LogP contribution in [0.5, 0.6) is 0 Å². The van der Waals surface area contributed by atoms with Crippen LogP contribution in [-0.2, 0) is 15.8 Å². The number of halogens is 1. The van der Waals surface area contributed by atoms with Crippen LogP contribution in [0.15, 0.2) is 24.3 Å². The lowest BCUT2D eigenvalue weighted by molar-refractivity contribution is 0.247. The Morgan fingerprint density at radius 3 is 2.84 bits per heavy atom. The number of nitrogens with zero attached hydrogens (tertiary/aromatic N) is 1. The fourth-order valence-corrected chi connectivity index (χ4v) is 4.31. The molecular formula is C13H19FN2O2S. The predicted molar refractivity (Wildman–Crippen MR) is 72.4 cm³/mol. The van der Waals surface area contributed by atoms with Crippen LogP contribution in [0.1, 0.15) is 25.3 Å². The first-order valence-electron chi connectivity index (χ1n) is 6.38. The third kappa shape index (κ3) is 3.52. The lowest BCUT2D eigenvalue weighted by atomic mass is 10.0. The predicted octanol–water partition coefficient (Wildman–Crippen LogP) is 1.47. The summed E-state index contributed by atoms with van der Waals surface area (Å²) in [4.78, 5) is 0. The van der Waals surface area contributed by atoms with E-state index in [1.54, 1.807) is 6.07 Å². The zero-order valence-electron chi connectivity index (χ0n) is 10.9. The summed E-state index contributed by atoms with van der Waals surface area (Å²) in [5, 5.41) is 0. The third-order valence-electron chi connectivity index (χ3n) is 3.45. The lowest BCUT2D eigenvalue weighted by Crippen LogP contribution is -2.48. The lowest BCUT2D eigenvalue weighted by Gasteiger charge is -2.35. The number of hydrogen-bond donors (Lipinski definition) is 1. The van der Waals surface area contributed by atoms with Crippen LogP contribution >= 0.6 is 0 Å². The van der Waals surface area contributed by atoms with Gasteiger partial charge >= 0.3 is 0 Å². The molecule has 0 radical (unpaired) electrons. The van der Waals surface area contributed by atoms with Crippen LogP contribution < -0.4 is 5.73 Å². The van der Waals surface area contributed by atoms with Crippen molar-refractivity contribution < 1.29 is 12.8 Å². The van der Waals surface area contributed by atoms with Gasteiger partial charge in [0.1, 0.15) is 5.82 Å². The van der Waals surface area contributed by atoms with Gasteiger partial charge < -0.3 is 5.73 Å². The van der Waals surface area contributed by atoms with Gasteiger partial charge in [-0.15, -0.1) is 0 Å². The van der Waals surface area contributed by atoms with E-state index < -0.39 is 15.8 Å². The highest BCUT2D eigenvalue weighted by Gasteiger charge is 2.32. The first-order valence-corrected chi connectivity index (χ1v) is 7.99. The first-order chi connectivity index (χ1) is 8.88. The summed E-state index contributed by atoms with van der Waals surface area (Å²) < 4.78 is 39.3. The smallest absolute Gasteiger partial charge is 0.218 e. The Hall–Kier alpha value is -0.980. The standard InChI is InChI=1S/C13H19FN2O2S/c1-10-7-13(15)5-6-16(10)19(17,18)9-11-3-2-4-12(14)8-11/h2-4,8,10,13H,5-7,9,15H2,1H3/t10-,13+/m1/s1. The van der Waals surface area contributed by atoms with E-state index in [1.165, 1.54) is 22.5 Å². The number of rotatable bonds is 3. The number of hydrogen-bond acceptors (Lipinski definition) is 3. The van der Waals surface area contributed by atoms with E-state index in [-0.39, 0.29) is 17.8 Å². The maximum Gasteiger partial charge on any atom is 0.218 e. The Morgan fingerprint density at radius 2 is 2.21 bits per heavy atom. The van der Waals surface area contributed by atoms with Crippen LogP contribution in [-0.4, -0.2) is 31.4 Å². The largest absolute Gasteiger partial charge is 0.328 e. The molecule has 1 saturated heterocycles. The first kappa shape index (κ1) is 14.4. The fraction of sp³-hybridized carbons (Fsp3) is 0.538. The summed E-state index contributed by atoms with van der Waals surface area (Å²) in [6.45, 7) is 2.31. The molecule has 0 aromatic heterocycles. The molecule has 2 rings (SSSR count). The van der Waals surface area contributed by atoms with E-state index in [0.717, 1.165) is 0 Å². The Kier molecular flexibility index (Phi) is 4.23. The van der Waals surface area contributed by atoms with Crippen molar-refractivity contribution in [1.82, 2.24) is 4.31 Å². The topological polar surface area (TPSA) is 63.4 Å². The van der Waals surface area contributed by atoms with Gasteiger partial charge in [0.25, 0.3) is 0 Å². The molecule has 4 nitrogen and oxygen atoms in total. The number of piperidine rings is 1. The molecule has 106 valence electrons. The second-order valence-electron chi connectivity index (χ2n) is 5.13. The minimum absolute atomic E-state index is 0.0654. The van der Waals surface area contributed by atoms with Crippen LogP contribution in [0.25, 0.3) is 0 Å². The Labute approximate surface area is 113 Å². The molecule has 1 aliphatic heterocycles. The quantitative estimate of drug-likeness (QED) is 0.915. The second kappa shape index (κ2) is 5.56. The molecule has 1 fully saturated rings. The zero-order valence-corrected chi connectivity index (χ0v) is 11.7. The summed E-state index contributed by atoms with van der Waals surface area (Å²) >= 11 is 0. The zero-order chi connectivity index (χ0) is 14.0. The highest BCUT2D eigenvalue weighted by molar-refractivity contribution is 7.88. The van der Waals surface area contributed by atoms with Crippen molar-refractivity contribution in [2.24, 2.45) is 5.73 Å². The summed E-state index contributed by atoms with van der Waals surface area (Å²) in [6.07, 6.45) is 1.34. The van der Waals surface area contributed by atoms with Gasteiger partial charge in [0, 0.05) is 18.6 Å². The molecule has 0 saturated carbocycles. The van der Waals surface area contributed by atoms with Crippen molar-refractivity contribution in [1.29, 1.82) is 0 Å². The van der Waals surface area contributed by atoms with E-state index in [1.807, 2.05) is 6.92 Å². The average molecular weight is 286 g/mol. The monoisotopic (exact) mass is 286 g/mol. The average Bonchev–Trinajstić information content (AvgIpc) is 2.27. The van der Waals surface area contributed by atoms with E-state index in [9.17, 15) is 12.8 Å². The minimum Gasteiger partial charge on any atom is -0.328 e. The van der Waals surface area contributed by atoms with Crippen molar-refractivity contribution in [2.45, 2.75) is 37.6 Å². The van der Waals surface area contributed by atoms with Crippen molar-refractivity contribution >= 4 is 10.0 Å². The van der Waals surface area contributed by atoms with Crippen molar-refractivity contribution in [3.63, 3.8) is 0 Å². The summed E-state index contributed by atoms with van der Waals surface area (Å²) in [6, 6.07) is 5.69. The molecule has 2 N–H and O–H groups in total. The van der Waals surface area contributed by atoms with Crippen LogP contribution in [0.3, 0.4) is 0 Å². The molecule has 1 heterocycles. The van der Waals surface area contributed by atoms with E-state index in [4.69, 9.17) is 5.73 Å².